The molecule has 0 aliphatic heterocycles. The Hall–Kier alpha value is -3.14. The molecule has 2 aliphatic carbocycles. The molecule has 4 rings (SSSR count). The first-order valence-electron chi connectivity index (χ1n) is 13.6. The highest BCUT2D eigenvalue weighted by Gasteiger charge is 2.36. The first-order valence-corrected chi connectivity index (χ1v) is 13.6. The molecule has 0 radical (unpaired) electrons. The van der Waals surface area contributed by atoms with Crippen molar-refractivity contribution in [1.82, 2.24) is 0 Å². The van der Waals surface area contributed by atoms with Crippen LogP contribution in [0.5, 0.6) is 0 Å². The number of carbonyl (C=O) groups is 2. The van der Waals surface area contributed by atoms with Crippen LogP contribution in [0.2, 0.25) is 0 Å². The number of hydrogen-bond donors (Lipinski definition) is 2. The molecule has 0 spiro atoms. The fourth-order valence-corrected chi connectivity index (χ4v) is 6.47. The summed E-state index contributed by atoms with van der Waals surface area (Å²) in [6.07, 6.45) is 9.66. The van der Waals surface area contributed by atoms with Crippen molar-refractivity contribution >= 4 is 23.6 Å². The van der Waals surface area contributed by atoms with Crippen LogP contribution >= 0.6 is 0 Å². The van der Waals surface area contributed by atoms with Crippen molar-refractivity contribution in [2.24, 2.45) is 0 Å². The smallest absolute Gasteiger partial charge is 0.336 e. The van der Waals surface area contributed by atoms with E-state index in [1.165, 1.54) is 27.8 Å². The molecular formula is C32H38O4. The maximum absolute atomic E-state index is 12.5. The second-order valence-electron chi connectivity index (χ2n) is 10.1. The number of allylic oxidation sites excluding steroid dienone is 3. The zero-order valence-corrected chi connectivity index (χ0v) is 22.0. The van der Waals surface area contributed by atoms with Gasteiger partial charge in [-0.2, -0.15) is 0 Å². The van der Waals surface area contributed by atoms with Crippen LogP contribution in [0.4, 0.5) is 0 Å². The Morgan fingerprint density at radius 2 is 1.44 bits per heavy atom. The van der Waals surface area contributed by atoms with Gasteiger partial charge in [-0.1, -0.05) is 83.7 Å². The number of carboxylic acids is 2. The zero-order valence-electron chi connectivity index (χ0n) is 22.0. The molecule has 190 valence electrons. The van der Waals surface area contributed by atoms with Gasteiger partial charge in [0.15, 0.2) is 0 Å². The minimum Gasteiger partial charge on any atom is -0.478 e. The van der Waals surface area contributed by atoms with Crippen LogP contribution < -0.4 is 0 Å². The molecule has 2 aliphatic rings. The Balaban J connectivity index is 2.13. The van der Waals surface area contributed by atoms with E-state index in [9.17, 15) is 19.8 Å². The third-order valence-corrected chi connectivity index (χ3v) is 7.78. The maximum atomic E-state index is 12.5. The highest BCUT2D eigenvalue weighted by molar-refractivity contribution is 6.06. The predicted octanol–water partition coefficient (Wildman–Crippen LogP) is 8.08. The van der Waals surface area contributed by atoms with E-state index >= 15 is 0 Å². The largest absolute Gasteiger partial charge is 0.478 e. The van der Waals surface area contributed by atoms with Gasteiger partial charge in [0.2, 0.25) is 0 Å². The average molecular weight is 487 g/mol. The lowest BCUT2D eigenvalue weighted by atomic mass is 9.66. The van der Waals surface area contributed by atoms with Crippen LogP contribution in [-0.2, 0) is 19.3 Å². The highest BCUT2D eigenvalue weighted by Crippen LogP contribution is 2.51. The average Bonchev–Trinajstić information content (AvgIpc) is 2.86. The topological polar surface area (TPSA) is 74.6 Å². The zero-order chi connectivity index (χ0) is 26.0. The Bertz CT molecular complexity index is 1260. The second kappa shape index (κ2) is 10.9. The molecule has 2 N–H and O–H groups in total. The molecule has 1 atom stereocenters. The summed E-state index contributed by atoms with van der Waals surface area (Å²) in [7, 11) is 0. The van der Waals surface area contributed by atoms with Crippen LogP contribution in [-0.4, -0.2) is 22.2 Å². The number of rotatable bonds is 10. The van der Waals surface area contributed by atoms with E-state index in [-0.39, 0.29) is 17.0 Å². The summed E-state index contributed by atoms with van der Waals surface area (Å²) in [6.45, 7) is 8.47. The van der Waals surface area contributed by atoms with Crippen LogP contribution in [0.1, 0.15) is 126 Å². The third kappa shape index (κ3) is 4.31. The summed E-state index contributed by atoms with van der Waals surface area (Å²) in [5.74, 6) is -2.00. The van der Waals surface area contributed by atoms with E-state index in [0.29, 0.717) is 30.4 Å². The van der Waals surface area contributed by atoms with Gasteiger partial charge in [-0.05, 0) is 82.2 Å². The van der Waals surface area contributed by atoms with Crippen molar-refractivity contribution in [2.75, 3.05) is 0 Å². The van der Waals surface area contributed by atoms with Gasteiger partial charge in [-0.25, -0.2) is 9.59 Å². The SMILES string of the molecule is CCCC1=C2Cc3c(c(CCC)c(C(=O)O)c(C(=O)O)c3CCC)C=C2C(CCC)c2ccccc21. The lowest BCUT2D eigenvalue weighted by Gasteiger charge is -2.37. The second-order valence-corrected chi connectivity index (χ2v) is 10.1. The van der Waals surface area contributed by atoms with E-state index in [0.717, 1.165) is 49.7 Å². The first kappa shape index (κ1) is 25.9. The molecule has 4 heteroatoms. The summed E-state index contributed by atoms with van der Waals surface area (Å²) in [5.41, 5.74) is 10.1. The molecule has 2 aromatic carbocycles. The van der Waals surface area contributed by atoms with Gasteiger partial charge >= 0.3 is 11.9 Å². The van der Waals surface area contributed by atoms with Crippen molar-refractivity contribution in [3.8, 4) is 0 Å². The third-order valence-electron chi connectivity index (χ3n) is 7.78. The molecule has 0 saturated carbocycles. The standard InChI is InChI=1S/C32H38O4/c1-5-11-19-21-15-9-10-16-22(21)20(12-6-2)26-18-28-24(14-8-4)30(32(35)36)29(31(33)34)23(13-7-3)27(28)17-25(19)26/h9-10,15-17,19H,5-8,11-14,18H2,1-4H3,(H,33,34)(H,35,36). The molecule has 0 heterocycles. The Morgan fingerprint density at radius 3 is 2.06 bits per heavy atom. The summed E-state index contributed by atoms with van der Waals surface area (Å²) in [6, 6.07) is 8.74. The molecule has 0 aromatic heterocycles. The fourth-order valence-electron chi connectivity index (χ4n) is 6.47. The summed E-state index contributed by atoms with van der Waals surface area (Å²) >= 11 is 0. The molecule has 36 heavy (non-hydrogen) atoms. The minimum absolute atomic E-state index is 0.00218. The van der Waals surface area contributed by atoms with Crippen molar-refractivity contribution in [3.05, 3.63) is 79.9 Å². The summed E-state index contributed by atoms with van der Waals surface area (Å²) in [4.78, 5) is 25.0. The predicted molar refractivity (Wildman–Crippen MR) is 146 cm³/mol. The molecular weight excluding hydrogens is 448 g/mol. The molecule has 4 nitrogen and oxygen atoms in total. The maximum Gasteiger partial charge on any atom is 0.336 e. The lowest BCUT2D eigenvalue weighted by molar-refractivity contribution is 0.0649. The van der Waals surface area contributed by atoms with E-state index in [1.807, 2.05) is 13.8 Å². The quantitative estimate of drug-likeness (QED) is 0.356. The molecule has 2 aromatic rings. The normalized spacial score (nSPS) is 16.2. The van der Waals surface area contributed by atoms with Gasteiger partial charge in [-0.3, -0.25) is 0 Å². The van der Waals surface area contributed by atoms with Crippen LogP contribution in [0.3, 0.4) is 0 Å². The fraction of sp³-hybridized carbons (Fsp3) is 0.438. The van der Waals surface area contributed by atoms with Gasteiger partial charge in [0.25, 0.3) is 0 Å². The molecule has 0 amide bonds. The Morgan fingerprint density at radius 1 is 0.833 bits per heavy atom. The first-order chi connectivity index (χ1) is 17.4. The lowest BCUT2D eigenvalue weighted by Crippen LogP contribution is -2.24. The van der Waals surface area contributed by atoms with Gasteiger partial charge in [0.05, 0.1) is 11.1 Å². The van der Waals surface area contributed by atoms with Crippen LogP contribution in [0.25, 0.3) is 11.6 Å². The summed E-state index contributed by atoms with van der Waals surface area (Å²) in [5, 5.41) is 20.5. The van der Waals surface area contributed by atoms with Crippen molar-refractivity contribution < 1.29 is 19.8 Å². The minimum atomic E-state index is -1.14. The Kier molecular flexibility index (Phi) is 7.82. The van der Waals surface area contributed by atoms with Gasteiger partial charge < -0.3 is 10.2 Å². The Labute approximate surface area is 214 Å². The molecule has 0 fully saturated rings. The molecule has 0 saturated heterocycles. The summed E-state index contributed by atoms with van der Waals surface area (Å²) < 4.78 is 0. The number of benzene rings is 2. The van der Waals surface area contributed by atoms with Crippen molar-refractivity contribution in [2.45, 2.75) is 91.4 Å². The van der Waals surface area contributed by atoms with E-state index in [4.69, 9.17) is 0 Å². The van der Waals surface area contributed by atoms with Crippen LogP contribution in [0, 0.1) is 0 Å². The van der Waals surface area contributed by atoms with Gasteiger partial charge in [-0.15, -0.1) is 0 Å². The van der Waals surface area contributed by atoms with Gasteiger partial charge in [0.1, 0.15) is 0 Å². The monoisotopic (exact) mass is 486 g/mol. The molecule has 1 unspecified atom stereocenters. The van der Waals surface area contributed by atoms with E-state index < -0.39 is 11.9 Å². The van der Waals surface area contributed by atoms with E-state index in [1.54, 1.807) is 0 Å². The number of aromatic carboxylic acids is 2. The molecule has 0 bridgehead atoms. The van der Waals surface area contributed by atoms with Crippen molar-refractivity contribution in [3.63, 3.8) is 0 Å². The number of hydrogen-bond acceptors (Lipinski definition) is 2. The van der Waals surface area contributed by atoms with Gasteiger partial charge in [0, 0.05) is 5.92 Å². The van der Waals surface area contributed by atoms with E-state index in [2.05, 4.69) is 44.2 Å². The van der Waals surface area contributed by atoms with Crippen molar-refractivity contribution in [1.29, 1.82) is 0 Å². The number of fused-ring (bicyclic) bond motifs is 3. The van der Waals surface area contributed by atoms with Crippen LogP contribution in [0.15, 0.2) is 35.4 Å². The number of carboxylic acid groups (broad SMARTS) is 2. The highest BCUT2D eigenvalue weighted by atomic mass is 16.4.